The van der Waals surface area contributed by atoms with Crippen molar-refractivity contribution in [2.24, 2.45) is 0 Å². The first-order valence-electron chi connectivity index (χ1n) is 8.99. The van der Waals surface area contributed by atoms with Gasteiger partial charge in [0.1, 0.15) is 5.75 Å². The number of aryl methyl sites for hydroxylation is 1. The van der Waals surface area contributed by atoms with Crippen molar-refractivity contribution < 1.29 is 19.1 Å². The molecule has 1 aromatic heterocycles. The average Bonchev–Trinajstić information content (AvgIpc) is 3.13. The van der Waals surface area contributed by atoms with Gasteiger partial charge < -0.3 is 24.9 Å². The van der Waals surface area contributed by atoms with Crippen LogP contribution in [0.2, 0.25) is 5.02 Å². The Morgan fingerprint density at radius 2 is 1.90 bits per heavy atom. The lowest BCUT2D eigenvalue weighted by Gasteiger charge is -2.19. The molecular formula is C20H21ClN4O4. The first-order valence-corrected chi connectivity index (χ1v) is 9.37. The van der Waals surface area contributed by atoms with Crippen molar-refractivity contribution in [1.82, 2.24) is 15.5 Å². The Balaban J connectivity index is 1.64. The predicted octanol–water partition coefficient (Wildman–Crippen LogP) is 3.80. The van der Waals surface area contributed by atoms with Gasteiger partial charge in [0.25, 0.3) is 0 Å². The number of benzene rings is 2. The summed E-state index contributed by atoms with van der Waals surface area (Å²) in [6.45, 7) is 0. The Morgan fingerprint density at radius 1 is 1.17 bits per heavy atom. The van der Waals surface area contributed by atoms with Crippen LogP contribution >= 0.6 is 11.6 Å². The summed E-state index contributed by atoms with van der Waals surface area (Å²) in [5, 5.41) is 22.7. The number of aromatic hydroxyl groups is 1. The number of hydrogen-bond donors (Lipinski definition) is 3. The van der Waals surface area contributed by atoms with Crippen LogP contribution in [0.3, 0.4) is 0 Å². The lowest BCUT2D eigenvalue weighted by Crippen LogP contribution is -2.39. The summed E-state index contributed by atoms with van der Waals surface area (Å²) >= 11 is 5.87. The topological polar surface area (TPSA) is 110 Å². The zero-order valence-corrected chi connectivity index (χ0v) is 16.5. The van der Waals surface area contributed by atoms with E-state index in [-0.39, 0.29) is 12.1 Å². The summed E-state index contributed by atoms with van der Waals surface area (Å²) in [4.78, 5) is 12.4. The highest BCUT2D eigenvalue weighted by Gasteiger charge is 2.16. The fraction of sp³-hybridized carbons (Fsp3) is 0.250. The number of anilines is 1. The number of halogens is 1. The number of carbonyl (C=O) groups excluding carboxylic acids is 1. The Morgan fingerprint density at radius 3 is 2.52 bits per heavy atom. The zero-order chi connectivity index (χ0) is 20.6. The molecule has 0 spiro atoms. The summed E-state index contributed by atoms with van der Waals surface area (Å²) in [6, 6.07) is 14.0. The minimum Gasteiger partial charge on any atom is -0.497 e. The molecule has 0 saturated heterocycles. The van der Waals surface area contributed by atoms with Crippen molar-refractivity contribution in [3.05, 3.63) is 65.0 Å². The summed E-state index contributed by atoms with van der Waals surface area (Å²) in [6.07, 6.45) is 1.08. The summed E-state index contributed by atoms with van der Waals surface area (Å²) in [7, 11) is 1.61. The van der Waals surface area contributed by atoms with E-state index in [0.717, 1.165) is 11.3 Å². The van der Waals surface area contributed by atoms with Crippen LogP contribution in [0.1, 0.15) is 17.9 Å². The van der Waals surface area contributed by atoms with Crippen LogP contribution < -0.4 is 15.4 Å². The number of ether oxygens (including phenoxy) is 1. The molecule has 2 aromatic carbocycles. The van der Waals surface area contributed by atoms with Crippen LogP contribution in [-0.2, 0) is 12.8 Å². The van der Waals surface area contributed by atoms with Crippen molar-refractivity contribution in [1.29, 1.82) is 0 Å². The first-order chi connectivity index (χ1) is 14.0. The molecule has 152 valence electrons. The van der Waals surface area contributed by atoms with Crippen LogP contribution in [-0.4, -0.2) is 34.5 Å². The molecule has 1 unspecified atom stereocenters. The Hall–Kier alpha value is -3.26. The highest BCUT2D eigenvalue weighted by molar-refractivity contribution is 6.30. The van der Waals surface area contributed by atoms with E-state index in [9.17, 15) is 9.90 Å². The van der Waals surface area contributed by atoms with Gasteiger partial charge in [-0.1, -0.05) is 28.8 Å². The lowest BCUT2D eigenvalue weighted by atomic mass is 10.0. The number of hydrogen-bond acceptors (Lipinski definition) is 6. The lowest BCUT2D eigenvalue weighted by molar-refractivity contribution is 0.247. The van der Waals surface area contributed by atoms with Gasteiger partial charge in [0.15, 0.2) is 0 Å². The highest BCUT2D eigenvalue weighted by Crippen LogP contribution is 2.16. The first kappa shape index (κ1) is 20.5. The molecule has 1 heterocycles. The molecule has 0 saturated carbocycles. The molecule has 0 radical (unpaired) electrons. The van der Waals surface area contributed by atoms with E-state index < -0.39 is 6.08 Å². The SMILES string of the molecule is COc1ccc(CC(CCc2nnc(O)o2)NC(=O)Nc2ccc(Cl)cc2)cc1. The Labute approximate surface area is 172 Å². The van der Waals surface area contributed by atoms with Gasteiger partial charge in [-0.15, -0.1) is 5.10 Å². The second-order valence-electron chi connectivity index (χ2n) is 6.37. The van der Waals surface area contributed by atoms with Gasteiger partial charge in [0.05, 0.1) is 7.11 Å². The standard InChI is InChI=1S/C20H21ClN4O4/c1-28-17-9-2-13(3-10-17)12-16(8-11-18-24-25-20(27)29-18)23-19(26)22-15-6-4-14(21)5-7-15/h2-7,9-10,16H,8,11-12H2,1H3,(H,25,27)(H2,22,23,26). The molecule has 0 aliphatic heterocycles. The van der Waals surface area contributed by atoms with Gasteiger partial charge in [-0.3, -0.25) is 0 Å². The van der Waals surface area contributed by atoms with Crippen molar-refractivity contribution >= 4 is 23.3 Å². The minimum absolute atomic E-state index is 0.204. The quantitative estimate of drug-likeness (QED) is 0.515. The summed E-state index contributed by atoms with van der Waals surface area (Å²) in [5.74, 6) is 1.07. The van der Waals surface area contributed by atoms with Crippen molar-refractivity contribution in [3.8, 4) is 11.8 Å². The molecule has 3 aromatic rings. The summed E-state index contributed by atoms with van der Waals surface area (Å²) in [5.41, 5.74) is 1.67. The second-order valence-corrected chi connectivity index (χ2v) is 6.81. The van der Waals surface area contributed by atoms with Gasteiger partial charge >= 0.3 is 12.1 Å². The third-order valence-electron chi connectivity index (χ3n) is 4.24. The number of aromatic nitrogens is 2. The largest absolute Gasteiger partial charge is 0.497 e. The van der Waals surface area contributed by atoms with Crippen LogP contribution in [0, 0.1) is 0 Å². The maximum Gasteiger partial charge on any atom is 0.412 e. The fourth-order valence-corrected chi connectivity index (χ4v) is 2.93. The van der Waals surface area contributed by atoms with E-state index in [2.05, 4.69) is 20.8 Å². The van der Waals surface area contributed by atoms with E-state index in [0.29, 0.717) is 35.9 Å². The second kappa shape index (κ2) is 9.79. The number of urea groups is 1. The molecule has 29 heavy (non-hydrogen) atoms. The third-order valence-corrected chi connectivity index (χ3v) is 4.49. The number of amides is 2. The van der Waals surface area contributed by atoms with Crippen LogP contribution in [0.4, 0.5) is 10.5 Å². The highest BCUT2D eigenvalue weighted by atomic mass is 35.5. The van der Waals surface area contributed by atoms with Gasteiger partial charge in [0, 0.05) is 23.2 Å². The van der Waals surface area contributed by atoms with Gasteiger partial charge in [0.2, 0.25) is 5.89 Å². The molecule has 3 N–H and O–H groups in total. The number of nitrogens with one attached hydrogen (secondary N) is 2. The molecule has 3 rings (SSSR count). The zero-order valence-electron chi connectivity index (χ0n) is 15.8. The van der Waals surface area contributed by atoms with E-state index in [4.69, 9.17) is 20.8 Å². The molecule has 0 bridgehead atoms. The van der Waals surface area contributed by atoms with Gasteiger partial charge in [-0.05, 0) is 54.8 Å². The van der Waals surface area contributed by atoms with E-state index >= 15 is 0 Å². The average molecular weight is 417 g/mol. The Bertz CT molecular complexity index is 928. The van der Waals surface area contributed by atoms with Crippen LogP contribution in [0.25, 0.3) is 0 Å². The molecule has 0 aliphatic rings. The van der Waals surface area contributed by atoms with E-state index in [1.165, 1.54) is 0 Å². The van der Waals surface area contributed by atoms with Crippen molar-refractivity contribution in [2.45, 2.75) is 25.3 Å². The van der Waals surface area contributed by atoms with Gasteiger partial charge in [-0.2, -0.15) is 0 Å². The maximum absolute atomic E-state index is 12.4. The van der Waals surface area contributed by atoms with Crippen LogP contribution in [0.5, 0.6) is 11.8 Å². The molecule has 2 amide bonds. The Kier molecular flexibility index (Phi) is 6.91. The molecule has 0 aliphatic carbocycles. The number of methoxy groups -OCH3 is 1. The van der Waals surface area contributed by atoms with Crippen molar-refractivity contribution in [2.75, 3.05) is 12.4 Å². The molecule has 8 nitrogen and oxygen atoms in total. The van der Waals surface area contributed by atoms with E-state index in [1.54, 1.807) is 31.4 Å². The molecule has 9 heteroatoms. The van der Waals surface area contributed by atoms with E-state index in [1.807, 2.05) is 24.3 Å². The smallest absolute Gasteiger partial charge is 0.412 e. The normalized spacial score (nSPS) is 11.7. The third kappa shape index (κ3) is 6.39. The summed E-state index contributed by atoms with van der Waals surface area (Å²) < 4.78 is 10.2. The molecular weight excluding hydrogens is 396 g/mol. The van der Waals surface area contributed by atoms with Gasteiger partial charge in [-0.25, -0.2) is 4.79 Å². The number of rotatable bonds is 8. The molecule has 1 atom stereocenters. The fourth-order valence-electron chi connectivity index (χ4n) is 2.80. The van der Waals surface area contributed by atoms with Crippen LogP contribution in [0.15, 0.2) is 52.9 Å². The number of nitrogens with zero attached hydrogens (tertiary/aromatic N) is 2. The maximum atomic E-state index is 12.4. The predicted molar refractivity (Wildman–Crippen MR) is 108 cm³/mol. The monoisotopic (exact) mass is 416 g/mol. The minimum atomic E-state index is -0.472. The van der Waals surface area contributed by atoms with Crippen molar-refractivity contribution in [3.63, 3.8) is 0 Å². The molecule has 0 fully saturated rings. The number of carbonyl (C=O) groups is 1.